The third-order valence-corrected chi connectivity index (χ3v) is 4.36. The Morgan fingerprint density at radius 3 is 2.50 bits per heavy atom. The van der Waals surface area contributed by atoms with Crippen LogP contribution >= 0.6 is 0 Å². The summed E-state index contributed by atoms with van der Waals surface area (Å²) in [4.78, 5) is 24.7. The maximum Gasteiger partial charge on any atom is 0.328 e. The lowest BCUT2D eigenvalue weighted by Gasteiger charge is -2.31. The van der Waals surface area contributed by atoms with Gasteiger partial charge in [-0.3, -0.25) is 13.9 Å². The van der Waals surface area contributed by atoms with Gasteiger partial charge in [0.25, 0.3) is 0 Å². The number of nitrogens with two attached hydrogens (primary N) is 1. The molecule has 24 heavy (non-hydrogen) atoms. The van der Waals surface area contributed by atoms with Crippen LogP contribution in [0.25, 0.3) is 11.0 Å². The quantitative estimate of drug-likeness (QED) is 0.808. The summed E-state index contributed by atoms with van der Waals surface area (Å²) in [6.45, 7) is 6.93. The summed E-state index contributed by atoms with van der Waals surface area (Å²) in [5.41, 5.74) is 7.05. The van der Waals surface area contributed by atoms with Crippen LogP contribution in [0.2, 0.25) is 0 Å². The number of para-hydroxylation sites is 2. The Morgan fingerprint density at radius 2 is 1.92 bits per heavy atom. The fraction of sp³-hybridized carbons (Fsp3) is 0.556. The molecule has 1 heterocycles. The molecule has 1 aromatic carbocycles. The highest BCUT2D eigenvalue weighted by Crippen LogP contribution is 2.16. The lowest BCUT2D eigenvalue weighted by atomic mass is 9.90. The molecule has 0 fully saturated rings. The Bertz CT molecular complexity index is 775. The molecule has 6 nitrogen and oxygen atoms in total. The van der Waals surface area contributed by atoms with Gasteiger partial charge in [-0.05, 0) is 31.4 Å². The van der Waals surface area contributed by atoms with Crippen molar-refractivity contribution >= 4 is 16.9 Å². The zero-order valence-corrected chi connectivity index (χ0v) is 15.0. The predicted molar refractivity (Wildman–Crippen MR) is 96.9 cm³/mol. The second-order valence-electron chi connectivity index (χ2n) is 7.14. The number of carbonyl (C=O) groups excluding carboxylic acids is 1. The smallest absolute Gasteiger partial charge is 0.328 e. The SMILES string of the molecule is CC(C)CC(C)(CN)NC(=O)CCn1c(=O)n(C)c2ccccc21. The number of carbonyl (C=O) groups is 1. The van der Waals surface area contributed by atoms with Crippen molar-refractivity contribution in [2.75, 3.05) is 6.54 Å². The second-order valence-corrected chi connectivity index (χ2v) is 7.14. The molecule has 1 atom stereocenters. The third kappa shape index (κ3) is 3.87. The first-order chi connectivity index (χ1) is 11.3. The van der Waals surface area contributed by atoms with Gasteiger partial charge >= 0.3 is 5.69 Å². The van der Waals surface area contributed by atoms with E-state index >= 15 is 0 Å². The average molecular weight is 332 g/mol. The van der Waals surface area contributed by atoms with Crippen molar-refractivity contribution in [1.29, 1.82) is 0 Å². The van der Waals surface area contributed by atoms with E-state index in [0.29, 0.717) is 19.0 Å². The van der Waals surface area contributed by atoms with Crippen LogP contribution in [0.1, 0.15) is 33.6 Å². The number of fused-ring (bicyclic) bond motifs is 1. The number of imidazole rings is 1. The fourth-order valence-corrected chi connectivity index (χ4v) is 3.28. The molecule has 1 amide bonds. The summed E-state index contributed by atoms with van der Waals surface area (Å²) >= 11 is 0. The van der Waals surface area contributed by atoms with E-state index in [2.05, 4.69) is 19.2 Å². The number of nitrogens with zero attached hydrogens (tertiary/aromatic N) is 2. The summed E-state index contributed by atoms with van der Waals surface area (Å²) < 4.78 is 3.26. The molecule has 132 valence electrons. The van der Waals surface area contributed by atoms with Crippen molar-refractivity contribution in [3.05, 3.63) is 34.7 Å². The van der Waals surface area contributed by atoms with E-state index in [0.717, 1.165) is 17.5 Å². The van der Waals surface area contributed by atoms with Crippen LogP contribution in [0.5, 0.6) is 0 Å². The van der Waals surface area contributed by atoms with Crippen LogP contribution in [-0.4, -0.2) is 27.1 Å². The molecule has 0 saturated heterocycles. The Balaban J connectivity index is 2.10. The van der Waals surface area contributed by atoms with E-state index in [9.17, 15) is 9.59 Å². The molecule has 0 aliphatic carbocycles. The zero-order valence-electron chi connectivity index (χ0n) is 15.0. The number of hydrogen-bond donors (Lipinski definition) is 2. The summed E-state index contributed by atoms with van der Waals surface area (Å²) in [5, 5.41) is 3.03. The molecule has 1 aromatic heterocycles. The van der Waals surface area contributed by atoms with Gasteiger partial charge in [0.15, 0.2) is 0 Å². The fourth-order valence-electron chi connectivity index (χ4n) is 3.28. The molecule has 0 aliphatic heterocycles. The van der Waals surface area contributed by atoms with Gasteiger partial charge in [0.2, 0.25) is 5.91 Å². The molecular weight excluding hydrogens is 304 g/mol. The standard InChI is InChI=1S/C18H28N4O2/c1-13(2)11-18(3,12-19)20-16(23)9-10-22-15-8-6-5-7-14(15)21(4)17(22)24/h5-8,13H,9-12,19H2,1-4H3,(H,20,23). The maximum absolute atomic E-state index is 12.4. The van der Waals surface area contributed by atoms with E-state index in [1.165, 1.54) is 0 Å². The van der Waals surface area contributed by atoms with Crippen LogP contribution in [0.15, 0.2) is 29.1 Å². The van der Waals surface area contributed by atoms with E-state index in [-0.39, 0.29) is 18.0 Å². The number of aromatic nitrogens is 2. The van der Waals surface area contributed by atoms with Gasteiger partial charge in [0.05, 0.1) is 11.0 Å². The molecule has 0 saturated carbocycles. The number of rotatable bonds is 7. The number of amides is 1. The van der Waals surface area contributed by atoms with Crippen molar-refractivity contribution in [2.24, 2.45) is 18.7 Å². The van der Waals surface area contributed by atoms with Crippen LogP contribution < -0.4 is 16.7 Å². The largest absolute Gasteiger partial charge is 0.350 e. The minimum atomic E-state index is -0.408. The van der Waals surface area contributed by atoms with Crippen molar-refractivity contribution in [1.82, 2.24) is 14.5 Å². The predicted octanol–water partition coefficient (Wildman–Crippen LogP) is 1.61. The lowest BCUT2D eigenvalue weighted by molar-refractivity contribution is -0.123. The van der Waals surface area contributed by atoms with Crippen molar-refractivity contribution in [2.45, 2.75) is 45.7 Å². The molecule has 0 spiro atoms. The maximum atomic E-state index is 12.4. The molecular formula is C18H28N4O2. The zero-order chi connectivity index (χ0) is 17.9. The Kier molecular flexibility index (Phi) is 5.49. The molecule has 3 N–H and O–H groups in total. The lowest BCUT2D eigenvalue weighted by Crippen LogP contribution is -2.52. The molecule has 0 aliphatic rings. The van der Waals surface area contributed by atoms with Gasteiger partial charge in [0, 0.05) is 32.1 Å². The Labute approximate surface area is 142 Å². The van der Waals surface area contributed by atoms with E-state index in [1.807, 2.05) is 31.2 Å². The summed E-state index contributed by atoms with van der Waals surface area (Å²) in [6, 6.07) is 7.60. The number of aryl methyl sites for hydroxylation is 2. The van der Waals surface area contributed by atoms with Gasteiger partial charge in [-0.25, -0.2) is 4.79 Å². The summed E-state index contributed by atoms with van der Waals surface area (Å²) in [5.74, 6) is 0.364. The normalized spacial score (nSPS) is 14.1. The van der Waals surface area contributed by atoms with Gasteiger partial charge in [-0.1, -0.05) is 26.0 Å². The van der Waals surface area contributed by atoms with Crippen LogP contribution in [0.3, 0.4) is 0 Å². The topological polar surface area (TPSA) is 82.1 Å². The van der Waals surface area contributed by atoms with Crippen LogP contribution in [0, 0.1) is 5.92 Å². The van der Waals surface area contributed by atoms with Gasteiger partial charge < -0.3 is 11.1 Å². The Morgan fingerprint density at radius 1 is 1.29 bits per heavy atom. The van der Waals surface area contributed by atoms with Crippen LogP contribution in [-0.2, 0) is 18.4 Å². The highest BCUT2D eigenvalue weighted by atomic mass is 16.2. The van der Waals surface area contributed by atoms with E-state index in [4.69, 9.17) is 5.73 Å². The Hall–Kier alpha value is -2.08. The van der Waals surface area contributed by atoms with Gasteiger partial charge in [-0.2, -0.15) is 0 Å². The van der Waals surface area contributed by atoms with E-state index in [1.54, 1.807) is 16.2 Å². The summed E-state index contributed by atoms with van der Waals surface area (Å²) in [6.07, 6.45) is 1.07. The molecule has 0 radical (unpaired) electrons. The third-order valence-electron chi connectivity index (χ3n) is 4.36. The van der Waals surface area contributed by atoms with Crippen molar-refractivity contribution in [3.8, 4) is 0 Å². The second kappa shape index (κ2) is 7.21. The average Bonchev–Trinajstić information content (AvgIpc) is 2.76. The summed E-state index contributed by atoms with van der Waals surface area (Å²) in [7, 11) is 1.75. The monoisotopic (exact) mass is 332 g/mol. The molecule has 6 heteroatoms. The highest BCUT2D eigenvalue weighted by molar-refractivity contribution is 5.78. The molecule has 0 bridgehead atoms. The van der Waals surface area contributed by atoms with Crippen molar-refractivity contribution < 1.29 is 4.79 Å². The minimum absolute atomic E-state index is 0.0802. The number of nitrogens with one attached hydrogen (secondary N) is 1. The first kappa shape index (κ1) is 18.3. The van der Waals surface area contributed by atoms with Gasteiger partial charge in [0.1, 0.15) is 0 Å². The number of hydrogen-bond acceptors (Lipinski definition) is 3. The first-order valence-electron chi connectivity index (χ1n) is 8.43. The van der Waals surface area contributed by atoms with Crippen molar-refractivity contribution in [3.63, 3.8) is 0 Å². The molecule has 1 unspecified atom stereocenters. The van der Waals surface area contributed by atoms with E-state index < -0.39 is 5.54 Å². The number of benzene rings is 1. The molecule has 2 aromatic rings. The first-order valence-corrected chi connectivity index (χ1v) is 8.43. The van der Waals surface area contributed by atoms with Gasteiger partial charge in [-0.15, -0.1) is 0 Å². The highest BCUT2D eigenvalue weighted by Gasteiger charge is 2.25. The minimum Gasteiger partial charge on any atom is -0.350 e. The van der Waals surface area contributed by atoms with Crippen LogP contribution in [0.4, 0.5) is 0 Å². The molecule has 2 rings (SSSR count).